The summed E-state index contributed by atoms with van der Waals surface area (Å²) in [5.74, 6) is 0. The maximum atomic E-state index is 8.63. The molecule has 0 aliphatic carbocycles. The van der Waals surface area contributed by atoms with Crippen LogP contribution in [0.25, 0.3) is 0 Å². The third-order valence-corrected chi connectivity index (χ3v) is 0. The Labute approximate surface area is 197 Å². The second kappa shape index (κ2) is 20.4. The fourth-order valence-electron chi connectivity index (χ4n) is 0. The van der Waals surface area contributed by atoms with Crippen LogP contribution in [0.3, 0.4) is 0 Å². The average Bonchev–Trinajstić information content (AvgIpc) is 1.79. The van der Waals surface area contributed by atoms with Crippen molar-refractivity contribution in [1.29, 1.82) is 0 Å². The molecular weight excluding hydrogens is 985 g/mol. The summed E-state index contributed by atoms with van der Waals surface area (Å²) in [7, 11) is 0. The number of rotatable bonds is 0. The molecule has 0 saturated carbocycles. The van der Waals surface area contributed by atoms with Crippen LogP contribution in [0.1, 0.15) is 0 Å². The Morgan fingerprint density at radius 3 is 0.259 bits per heavy atom. The van der Waals surface area contributed by atoms with Gasteiger partial charge in [-0.05, 0) is 0 Å². The SMILES string of the molecule is [Nb+5].[Nb+5].[O]=[Mo](=[O])([O-])[O-].[O]=[Mo](=[O])([O-])[O-].[O]=[Mo](=[O])([O-])[O-].[O]=[Mo](=[O])([O-])[O-].[O]=[Mo](=[O])([O-])[O-]. The minimum atomic E-state index is -6.02. The van der Waals surface area contributed by atoms with E-state index in [2.05, 4.69) is 0 Å². The van der Waals surface area contributed by atoms with Crippen molar-refractivity contribution in [2.45, 2.75) is 0 Å². The van der Waals surface area contributed by atoms with E-state index in [1.54, 1.807) is 0 Å². The molecule has 160 valence electrons. The molecule has 0 heterocycles. The van der Waals surface area contributed by atoms with Crippen LogP contribution in [0.5, 0.6) is 0 Å². The average molecular weight is 985 g/mol. The first-order chi connectivity index (χ1) is 10.0. The van der Waals surface area contributed by atoms with Crippen LogP contribution in [0.4, 0.5) is 0 Å². The van der Waals surface area contributed by atoms with Gasteiger partial charge in [-0.25, -0.2) is 0 Å². The van der Waals surface area contributed by atoms with Crippen molar-refractivity contribution < 1.29 is 200 Å². The molecule has 0 spiro atoms. The second-order valence-electron chi connectivity index (χ2n) is 2.04. The van der Waals surface area contributed by atoms with Gasteiger partial charge >= 0.3 is 200 Å². The van der Waals surface area contributed by atoms with Crippen LogP contribution in [-0.2, 0) is 162 Å². The van der Waals surface area contributed by atoms with E-state index < -0.39 is 83.7 Å². The van der Waals surface area contributed by atoms with Gasteiger partial charge in [0, 0.05) is 0 Å². The van der Waals surface area contributed by atoms with Gasteiger partial charge in [-0.1, -0.05) is 0 Å². The molecule has 0 aliphatic heterocycles. The van der Waals surface area contributed by atoms with E-state index in [-0.39, 0.29) is 44.8 Å². The van der Waals surface area contributed by atoms with Crippen molar-refractivity contribution in [3.63, 3.8) is 0 Å². The van der Waals surface area contributed by atoms with E-state index in [4.69, 9.17) is 71.6 Å². The van der Waals surface area contributed by atoms with Gasteiger partial charge in [0.25, 0.3) is 0 Å². The zero-order valence-electron chi connectivity index (χ0n) is 11.1. The van der Waals surface area contributed by atoms with E-state index in [9.17, 15) is 0 Å². The Kier molecular flexibility index (Phi) is 35.8. The van der Waals surface area contributed by atoms with Gasteiger partial charge < -0.3 is 0 Å². The van der Waals surface area contributed by atoms with E-state index in [1.807, 2.05) is 0 Å². The van der Waals surface area contributed by atoms with E-state index in [1.165, 1.54) is 0 Å². The molecule has 0 rings (SSSR count). The molecule has 0 unspecified atom stereocenters. The van der Waals surface area contributed by atoms with Crippen molar-refractivity contribution in [3.05, 3.63) is 0 Å². The molecule has 0 aromatic rings. The van der Waals surface area contributed by atoms with Gasteiger partial charge in [0.2, 0.25) is 0 Å². The Morgan fingerprint density at radius 2 is 0.259 bits per heavy atom. The Bertz CT molecular complexity index is 619. The Balaban J connectivity index is -0.0000000364. The quantitative estimate of drug-likeness (QED) is 0.203. The van der Waals surface area contributed by atoms with Gasteiger partial charge in [-0.15, -0.1) is 0 Å². The molecule has 0 aliphatic rings. The number of hydrogen-bond acceptors (Lipinski definition) is 20. The van der Waals surface area contributed by atoms with Crippen LogP contribution in [0.2, 0.25) is 0 Å². The van der Waals surface area contributed by atoms with Crippen LogP contribution >= 0.6 is 0 Å². The Morgan fingerprint density at radius 1 is 0.259 bits per heavy atom. The van der Waals surface area contributed by atoms with Gasteiger partial charge in [0.1, 0.15) is 0 Å². The van der Waals surface area contributed by atoms with Crippen molar-refractivity contribution in [2.75, 3.05) is 0 Å². The summed E-state index contributed by atoms with van der Waals surface area (Å²) < 4.78 is 173. The molecule has 0 radical (unpaired) electrons. The van der Waals surface area contributed by atoms with Crippen molar-refractivity contribution in [3.8, 4) is 0 Å². The third-order valence-electron chi connectivity index (χ3n) is 0. The molecule has 0 bridgehead atoms. The molecule has 0 fully saturated rings. The van der Waals surface area contributed by atoms with E-state index in [0.29, 0.717) is 0 Å². The summed E-state index contributed by atoms with van der Waals surface area (Å²) in [6.07, 6.45) is 0. The third kappa shape index (κ3) is 3150. The normalized spacial score (nSPS) is 10.7. The van der Waals surface area contributed by atoms with Crippen LogP contribution in [-0.4, -0.2) is 0 Å². The minimum absolute atomic E-state index is 0. The maximum absolute atomic E-state index is 8.63. The van der Waals surface area contributed by atoms with Crippen molar-refractivity contribution in [2.24, 2.45) is 0 Å². The summed E-state index contributed by atoms with van der Waals surface area (Å²) in [5.41, 5.74) is 0. The zero-order chi connectivity index (χ0) is 22.5. The molecule has 0 atom stereocenters. The summed E-state index contributed by atoms with van der Waals surface area (Å²) in [4.78, 5) is 0. The second-order valence-corrected chi connectivity index (χ2v) is 12.1. The molecule has 0 N–H and O–H groups in total. The van der Waals surface area contributed by atoms with Crippen molar-refractivity contribution >= 4 is 0 Å². The van der Waals surface area contributed by atoms with Gasteiger partial charge in [-0.2, -0.15) is 0 Å². The predicted octanol–water partition coefficient (Wildman–Crippen LogP) is -13.1. The predicted molar refractivity (Wildman–Crippen MR) is 6.86 cm³/mol. The van der Waals surface area contributed by atoms with Gasteiger partial charge in [0.05, 0.1) is 0 Å². The summed E-state index contributed by atoms with van der Waals surface area (Å²) in [5, 5.41) is 0. The number of hydrogen-bond donors (Lipinski definition) is 0. The van der Waals surface area contributed by atoms with Crippen molar-refractivity contribution in [1.82, 2.24) is 0 Å². The molecule has 0 saturated heterocycles. The molecule has 0 aromatic carbocycles. The zero-order valence-corrected chi connectivity index (χ0v) is 25.5. The monoisotopic (exact) mass is 995 g/mol. The molecule has 0 aromatic heterocycles. The topological polar surface area (TPSA) is 401 Å². The van der Waals surface area contributed by atoms with Gasteiger partial charge in [0.15, 0.2) is 0 Å². The fourth-order valence-corrected chi connectivity index (χ4v) is 0. The first kappa shape index (κ1) is 47.3. The summed E-state index contributed by atoms with van der Waals surface area (Å²) in [6.45, 7) is 0. The molecule has 27 heavy (non-hydrogen) atoms. The standard InChI is InChI=1S/5Mo.2Nb.20O/q;;;;;2*+5;;;;;;;;;;;10*-1. The Hall–Kier alpha value is 2.52. The summed E-state index contributed by atoms with van der Waals surface area (Å²) in [6, 6.07) is 0. The molecule has 27 heteroatoms. The van der Waals surface area contributed by atoms with Crippen LogP contribution in [0, 0.1) is 0 Å². The van der Waals surface area contributed by atoms with Gasteiger partial charge in [-0.3, -0.25) is 0 Å². The van der Waals surface area contributed by atoms with Crippen LogP contribution < -0.4 is 37.6 Å². The molecule has 20 nitrogen and oxygen atoms in total. The van der Waals surface area contributed by atoms with Crippen LogP contribution in [0.15, 0.2) is 0 Å². The van der Waals surface area contributed by atoms with E-state index >= 15 is 0 Å². The van der Waals surface area contributed by atoms with E-state index in [0.717, 1.165) is 0 Å². The first-order valence-corrected chi connectivity index (χ1v) is 19.7. The summed E-state index contributed by atoms with van der Waals surface area (Å²) >= 11 is -30.1. The molecular formula is Mo5Nb2O20. The first-order valence-electron chi connectivity index (χ1n) is 3.33. The fraction of sp³-hybridized carbons (Fsp3) is 0. The molecule has 0 amide bonds.